The second kappa shape index (κ2) is 10.9. The lowest BCUT2D eigenvalue weighted by Crippen LogP contribution is -2.35. The first kappa shape index (κ1) is 25.2. The molecule has 0 aliphatic carbocycles. The number of H-pyrrole nitrogens is 1. The summed E-state index contributed by atoms with van der Waals surface area (Å²) in [5.41, 5.74) is 1.72. The van der Waals surface area contributed by atoms with Crippen LogP contribution in [0.5, 0.6) is 11.5 Å². The highest BCUT2D eigenvalue weighted by molar-refractivity contribution is 6.36. The van der Waals surface area contributed by atoms with Crippen molar-refractivity contribution in [3.05, 3.63) is 99.7 Å². The quantitative estimate of drug-likeness (QED) is 0.203. The number of pyridine rings is 1. The van der Waals surface area contributed by atoms with E-state index in [1.807, 2.05) is 0 Å². The number of nitrogens with zero attached hydrogens (tertiary/aromatic N) is 3. The maximum atomic E-state index is 14.0. The van der Waals surface area contributed by atoms with Crippen LogP contribution in [0.25, 0.3) is 20.7 Å². The van der Waals surface area contributed by atoms with Crippen molar-refractivity contribution in [2.24, 2.45) is 0 Å². The molecule has 0 spiro atoms. The first-order valence-electron chi connectivity index (χ1n) is 11.8. The minimum absolute atomic E-state index is 0.0415. The van der Waals surface area contributed by atoms with Crippen molar-refractivity contribution in [2.75, 3.05) is 18.5 Å². The van der Waals surface area contributed by atoms with Crippen LogP contribution < -0.4 is 10.1 Å². The summed E-state index contributed by atoms with van der Waals surface area (Å²) in [6.45, 7) is 15.4. The molecule has 0 amide bonds. The number of nitrogens with one attached hydrogen (secondary N) is 2. The van der Waals surface area contributed by atoms with E-state index in [0.29, 0.717) is 35.4 Å². The van der Waals surface area contributed by atoms with Crippen molar-refractivity contribution < 1.29 is 18.7 Å². The highest BCUT2D eigenvalue weighted by Gasteiger charge is 2.27. The van der Waals surface area contributed by atoms with Crippen LogP contribution in [0.1, 0.15) is 28.8 Å². The molecule has 3 heterocycles. The van der Waals surface area contributed by atoms with E-state index in [4.69, 9.17) is 34.2 Å². The van der Waals surface area contributed by atoms with Gasteiger partial charge in [0.2, 0.25) is 12.2 Å². The third-order valence-corrected chi connectivity index (χ3v) is 6.62. The Labute approximate surface area is 223 Å². The van der Waals surface area contributed by atoms with E-state index < -0.39 is 5.82 Å². The van der Waals surface area contributed by atoms with Gasteiger partial charge < -0.3 is 24.6 Å². The molecule has 8 nitrogen and oxygen atoms in total. The summed E-state index contributed by atoms with van der Waals surface area (Å²) in [4.78, 5) is 28.0. The minimum Gasteiger partial charge on any atom is -0.454 e. The van der Waals surface area contributed by atoms with Crippen molar-refractivity contribution in [1.82, 2.24) is 9.97 Å². The summed E-state index contributed by atoms with van der Waals surface area (Å²) in [6, 6.07) is 10.4. The predicted octanol–water partition coefficient (Wildman–Crippen LogP) is 6.81. The number of halogens is 2. The number of fused-ring (bicyclic) bond motifs is 1. The Morgan fingerprint density at radius 3 is 2.79 bits per heavy atom. The van der Waals surface area contributed by atoms with Gasteiger partial charge in [-0.15, -0.1) is 0 Å². The highest BCUT2D eigenvalue weighted by Crippen LogP contribution is 2.38. The molecule has 1 aliphatic rings. The molecule has 1 saturated heterocycles. The van der Waals surface area contributed by atoms with Crippen molar-refractivity contribution in [1.29, 1.82) is 0 Å². The van der Waals surface area contributed by atoms with Gasteiger partial charge in [0.15, 0.2) is 17.3 Å². The van der Waals surface area contributed by atoms with E-state index in [1.165, 1.54) is 30.5 Å². The fraction of sp³-hybridized carbons (Fsp3) is 0.214. The third kappa shape index (κ3) is 5.03. The Morgan fingerprint density at radius 1 is 1.24 bits per heavy atom. The molecule has 10 heteroatoms. The van der Waals surface area contributed by atoms with Crippen molar-refractivity contribution >= 4 is 39.8 Å². The molecule has 5 rings (SSSR count). The van der Waals surface area contributed by atoms with Crippen LogP contribution in [0, 0.1) is 19.0 Å². The zero-order valence-corrected chi connectivity index (χ0v) is 20.8. The van der Waals surface area contributed by atoms with Gasteiger partial charge in [-0.1, -0.05) is 23.7 Å². The van der Waals surface area contributed by atoms with Crippen LogP contribution >= 0.6 is 11.6 Å². The Balaban J connectivity index is 1.45. The van der Waals surface area contributed by atoms with E-state index in [9.17, 15) is 9.18 Å². The molecule has 38 heavy (non-hydrogen) atoms. The van der Waals surface area contributed by atoms with Crippen LogP contribution in [0.3, 0.4) is 0 Å². The SMILES string of the molecule is [C-]#[N+]C[C@@H]1CC[C@@H](Nc2c([N+]#[C-])cnc3[nH]cc(C(=O)c4ccc(Oc5ccccc5F)cc4Cl)c23)CO1. The maximum absolute atomic E-state index is 14.0. The summed E-state index contributed by atoms with van der Waals surface area (Å²) in [5.74, 6) is -0.567. The first-order valence-corrected chi connectivity index (χ1v) is 12.2. The monoisotopic (exact) mass is 529 g/mol. The number of ketones is 1. The summed E-state index contributed by atoms with van der Waals surface area (Å²) in [6.07, 6.45) is 4.37. The number of carbonyl (C=O) groups excluding carboxylic acids is 1. The van der Waals surface area contributed by atoms with Gasteiger partial charge in [0, 0.05) is 35.5 Å². The minimum atomic E-state index is -0.518. The summed E-state index contributed by atoms with van der Waals surface area (Å²) < 4.78 is 25.4. The molecule has 1 aliphatic heterocycles. The second-order valence-electron chi connectivity index (χ2n) is 8.77. The topological polar surface area (TPSA) is 85.0 Å². The van der Waals surface area contributed by atoms with E-state index in [0.717, 1.165) is 12.8 Å². The van der Waals surface area contributed by atoms with E-state index in [1.54, 1.807) is 24.4 Å². The van der Waals surface area contributed by atoms with Gasteiger partial charge in [-0.25, -0.2) is 20.8 Å². The second-order valence-corrected chi connectivity index (χ2v) is 9.18. The molecule has 0 unspecified atom stereocenters. The Hall–Kier alpha value is -4.44. The largest absolute Gasteiger partial charge is 0.454 e. The number of anilines is 1. The molecule has 2 aromatic carbocycles. The molecule has 2 aromatic heterocycles. The van der Waals surface area contributed by atoms with Gasteiger partial charge in [0.25, 0.3) is 0 Å². The lowest BCUT2D eigenvalue weighted by Gasteiger charge is -2.28. The molecule has 0 bridgehead atoms. The molecule has 2 atom stereocenters. The first-order chi connectivity index (χ1) is 18.5. The Bertz CT molecular complexity index is 1600. The summed E-state index contributed by atoms with van der Waals surface area (Å²) >= 11 is 6.47. The smallest absolute Gasteiger partial charge is 0.240 e. The molecule has 0 radical (unpaired) electrons. The summed E-state index contributed by atoms with van der Waals surface area (Å²) in [5, 5.41) is 3.99. The maximum Gasteiger partial charge on any atom is 0.240 e. The molecule has 190 valence electrons. The molecule has 1 fully saturated rings. The van der Waals surface area contributed by atoms with Crippen LogP contribution in [0.15, 0.2) is 54.9 Å². The van der Waals surface area contributed by atoms with Crippen molar-refractivity contribution in [3.63, 3.8) is 0 Å². The number of para-hydroxylation sites is 1. The summed E-state index contributed by atoms with van der Waals surface area (Å²) in [7, 11) is 0. The van der Waals surface area contributed by atoms with Crippen molar-refractivity contribution in [2.45, 2.75) is 25.0 Å². The van der Waals surface area contributed by atoms with Gasteiger partial charge >= 0.3 is 0 Å². The van der Waals surface area contributed by atoms with Gasteiger partial charge in [-0.3, -0.25) is 4.79 Å². The molecule has 4 aromatic rings. The number of hydrogen-bond acceptors (Lipinski definition) is 5. The lowest BCUT2D eigenvalue weighted by molar-refractivity contribution is 0.0197. The zero-order valence-electron chi connectivity index (χ0n) is 20.0. The van der Waals surface area contributed by atoms with Crippen LogP contribution in [0.2, 0.25) is 5.02 Å². The number of rotatable bonds is 7. The fourth-order valence-corrected chi connectivity index (χ4v) is 4.66. The van der Waals surface area contributed by atoms with Crippen molar-refractivity contribution in [3.8, 4) is 11.5 Å². The van der Waals surface area contributed by atoms with Crippen LogP contribution in [-0.4, -0.2) is 41.0 Å². The molecular formula is C28H21ClFN5O3. The number of aromatic amines is 1. The van der Waals surface area contributed by atoms with E-state index in [-0.39, 0.29) is 45.7 Å². The zero-order chi connectivity index (χ0) is 26.6. The van der Waals surface area contributed by atoms with E-state index in [2.05, 4.69) is 25.0 Å². The van der Waals surface area contributed by atoms with Crippen LogP contribution in [-0.2, 0) is 4.74 Å². The molecular weight excluding hydrogens is 509 g/mol. The van der Waals surface area contributed by atoms with E-state index >= 15 is 0 Å². The number of benzene rings is 2. The average Bonchev–Trinajstić information content (AvgIpc) is 3.36. The Kier molecular flexibility index (Phi) is 7.23. The van der Waals surface area contributed by atoms with Gasteiger partial charge in [0.05, 0.1) is 29.5 Å². The number of carbonyl (C=O) groups is 1. The van der Waals surface area contributed by atoms with Gasteiger partial charge in [0.1, 0.15) is 17.5 Å². The Morgan fingerprint density at radius 2 is 2.08 bits per heavy atom. The average molecular weight is 530 g/mol. The lowest BCUT2D eigenvalue weighted by atomic mass is 10.0. The van der Waals surface area contributed by atoms with Gasteiger partial charge in [-0.05, 0) is 37.1 Å². The molecule has 2 N–H and O–H groups in total. The fourth-order valence-electron chi connectivity index (χ4n) is 4.41. The number of hydrogen-bond donors (Lipinski definition) is 2. The standard InChI is InChI=1S/C28H21ClFN5O3/c1-31-12-18-8-7-16(15-37-18)35-26-23(32-2)14-34-28-25(26)20(13-33-28)27(36)19-10-9-17(11-21(19)29)38-24-6-4-3-5-22(24)30/h3-6,9-11,13-14,16,18H,7-8,12,15H2,(H2,33,34,35)/t16-,18+/m1/s1. The molecule has 0 saturated carbocycles. The normalized spacial score (nSPS) is 16.9. The third-order valence-electron chi connectivity index (χ3n) is 6.31. The highest BCUT2D eigenvalue weighted by atomic mass is 35.5. The predicted molar refractivity (Wildman–Crippen MR) is 142 cm³/mol. The van der Waals surface area contributed by atoms with Gasteiger partial charge in [-0.2, -0.15) is 0 Å². The van der Waals surface area contributed by atoms with Crippen LogP contribution in [0.4, 0.5) is 15.8 Å². The number of ether oxygens (including phenoxy) is 2. The number of aromatic nitrogens is 2.